The molecule has 2 amide bonds. The largest absolute Gasteiger partial charge is 0.573 e. The number of ether oxygens (including phenoxy) is 1. The van der Waals surface area contributed by atoms with E-state index in [9.17, 15) is 22.8 Å². The molecule has 2 rings (SSSR count). The van der Waals surface area contributed by atoms with Crippen LogP contribution in [-0.2, 0) is 16.6 Å². The zero-order valence-electron chi connectivity index (χ0n) is 15.6. The second-order valence-electron chi connectivity index (χ2n) is 6.26. The quantitative estimate of drug-likeness (QED) is 0.733. The number of aromatic nitrogens is 1. The van der Waals surface area contributed by atoms with Crippen molar-refractivity contribution in [3.8, 4) is 5.75 Å². The number of nitrogens with zero attached hydrogens (tertiary/aromatic N) is 2. The first-order chi connectivity index (χ1) is 13.1. The third-order valence-corrected chi connectivity index (χ3v) is 3.96. The van der Waals surface area contributed by atoms with E-state index in [4.69, 9.17) is 0 Å². The van der Waals surface area contributed by atoms with Gasteiger partial charge < -0.3 is 19.9 Å². The normalized spacial score (nSPS) is 12.5. The van der Waals surface area contributed by atoms with E-state index in [-0.39, 0.29) is 18.3 Å². The van der Waals surface area contributed by atoms with Gasteiger partial charge >= 0.3 is 18.2 Å². The average Bonchev–Trinajstić information content (AvgIpc) is 3.01. The molecule has 0 saturated heterocycles. The Labute approximate surface area is 160 Å². The second-order valence-corrected chi connectivity index (χ2v) is 6.26. The van der Waals surface area contributed by atoms with Crippen molar-refractivity contribution in [3.05, 3.63) is 48.3 Å². The minimum absolute atomic E-state index is 0.143. The van der Waals surface area contributed by atoms with Gasteiger partial charge in [0.05, 0.1) is 6.04 Å². The first-order valence-electron chi connectivity index (χ1n) is 8.29. The van der Waals surface area contributed by atoms with Crippen LogP contribution in [0.2, 0.25) is 0 Å². The number of hydrogen-bond donors (Lipinski definition) is 2. The van der Waals surface area contributed by atoms with Crippen LogP contribution in [0.1, 0.15) is 11.7 Å². The molecule has 7 nitrogen and oxygen atoms in total. The van der Waals surface area contributed by atoms with E-state index in [1.54, 1.807) is 0 Å². The Hall–Kier alpha value is -3.01. The van der Waals surface area contributed by atoms with Crippen molar-refractivity contribution in [2.24, 2.45) is 7.05 Å². The number of carbonyl (C=O) groups is 2. The second kappa shape index (κ2) is 8.79. The lowest BCUT2D eigenvalue weighted by molar-refractivity contribution is -0.274. The maximum Gasteiger partial charge on any atom is 0.573 e. The molecule has 0 aliphatic rings. The Morgan fingerprint density at radius 3 is 2.29 bits per heavy atom. The van der Waals surface area contributed by atoms with Crippen LogP contribution < -0.4 is 15.4 Å². The summed E-state index contributed by atoms with van der Waals surface area (Å²) >= 11 is 0. The lowest BCUT2D eigenvalue weighted by Gasteiger charge is -2.25. The summed E-state index contributed by atoms with van der Waals surface area (Å²) in [6, 6.07) is 8.15. The van der Waals surface area contributed by atoms with Crippen molar-refractivity contribution in [2.75, 3.05) is 26.0 Å². The maximum absolute atomic E-state index is 12.1. The fourth-order valence-corrected chi connectivity index (χ4v) is 2.57. The zero-order valence-corrected chi connectivity index (χ0v) is 15.6. The van der Waals surface area contributed by atoms with Crippen molar-refractivity contribution in [1.29, 1.82) is 0 Å². The third kappa shape index (κ3) is 6.02. The molecule has 1 heterocycles. The van der Waals surface area contributed by atoms with E-state index in [0.717, 1.165) is 17.8 Å². The van der Waals surface area contributed by atoms with E-state index >= 15 is 0 Å². The van der Waals surface area contributed by atoms with Crippen molar-refractivity contribution in [2.45, 2.75) is 12.4 Å². The standard InChI is InChI=1S/C18H21F3N4O3/c1-24(2)15(14-5-4-10-25(14)3)11-22-16(26)17(27)23-12-6-8-13(9-7-12)28-18(19,20)21/h4-10,15H,11H2,1-3H3,(H,22,26)(H,23,27)/t15-/m1/s1. The van der Waals surface area contributed by atoms with Gasteiger partial charge in [-0.25, -0.2) is 0 Å². The number of nitrogens with one attached hydrogen (secondary N) is 2. The Kier molecular flexibility index (Phi) is 6.68. The number of carbonyl (C=O) groups excluding carboxylic acids is 2. The molecule has 0 aliphatic heterocycles. The van der Waals surface area contributed by atoms with Gasteiger partial charge in [0.25, 0.3) is 0 Å². The van der Waals surface area contributed by atoms with Gasteiger partial charge in [-0.05, 0) is 50.5 Å². The summed E-state index contributed by atoms with van der Waals surface area (Å²) in [5, 5.41) is 4.89. The monoisotopic (exact) mass is 398 g/mol. The molecule has 2 N–H and O–H groups in total. The molecule has 1 aromatic heterocycles. The molecule has 1 atom stereocenters. The number of amides is 2. The Morgan fingerprint density at radius 2 is 1.79 bits per heavy atom. The number of halogens is 3. The van der Waals surface area contributed by atoms with E-state index in [0.29, 0.717) is 0 Å². The number of benzene rings is 1. The van der Waals surface area contributed by atoms with Crippen molar-refractivity contribution >= 4 is 17.5 Å². The van der Waals surface area contributed by atoms with Crippen molar-refractivity contribution in [1.82, 2.24) is 14.8 Å². The van der Waals surface area contributed by atoms with Gasteiger partial charge in [-0.2, -0.15) is 0 Å². The van der Waals surface area contributed by atoms with Gasteiger partial charge in [0.1, 0.15) is 5.75 Å². The smallest absolute Gasteiger partial charge is 0.406 e. The van der Waals surface area contributed by atoms with Crippen LogP contribution in [0.25, 0.3) is 0 Å². The number of likely N-dealkylation sites (N-methyl/N-ethyl adjacent to an activating group) is 1. The van der Waals surface area contributed by atoms with Crippen molar-refractivity contribution in [3.63, 3.8) is 0 Å². The number of aryl methyl sites for hydroxylation is 1. The van der Waals surface area contributed by atoms with E-state index in [1.807, 2.05) is 48.9 Å². The summed E-state index contributed by atoms with van der Waals surface area (Å²) < 4.78 is 42.1. The van der Waals surface area contributed by atoms with Gasteiger partial charge in [-0.1, -0.05) is 0 Å². The van der Waals surface area contributed by atoms with Crippen molar-refractivity contribution < 1.29 is 27.5 Å². The predicted molar refractivity (Wildman–Crippen MR) is 96.6 cm³/mol. The summed E-state index contributed by atoms with van der Waals surface area (Å²) in [6.45, 7) is 0.204. The molecular weight excluding hydrogens is 377 g/mol. The van der Waals surface area contributed by atoms with Gasteiger partial charge in [0.15, 0.2) is 0 Å². The van der Waals surface area contributed by atoms with Crippen LogP contribution in [0, 0.1) is 0 Å². The lowest BCUT2D eigenvalue weighted by Crippen LogP contribution is -2.40. The maximum atomic E-state index is 12.1. The van der Waals surface area contributed by atoms with Crippen LogP contribution in [0.5, 0.6) is 5.75 Å². The molecule has 152 valence electrons. The lowest BCUT2D eigenvalue weighted by atomic mass is 10.2. The number of rotatable bonds is 6. The molecule has 2 aromatic rings. The predicted octanol–water partition coefficient (Wildman–Crippen LogP) is 2.28. The van der Waals surface area contributed by atoms with Crippen LogP contribution in [-0.4, -0.2) is 48.3 Å². The van der Waals surface area contributed by atoms with Crippen LogP contribution >= 0.6 is 0 Å². The van der Waals surface area contributed by atoms with Gasteiger partial charge in [-0.15, -0.1) is 13.2 Å². The minimum atomic E-state index is -4.80. The number of hydrogen-bond acceptors (Lipinski definition) is 4. The molecule has 28 heavy (non-hydrogen) atoms. The third-order valence-electron chi connectivity index (χ3n) is 3.96. The highest BCUT2D eigenvalue weighted by molar-refractivity contribution is 6.39. The first-order valence-corrected chi connectivity index (χ1v) is 8.29. The summed E-state index contributed by atoms with van der Waals surface area (Å²) in [5.74, 6) is -2.20. The molecule has 0 saturated carbocycles. The van der Waals surface area contributed by atoms with E-state index < -0.39 is 23.9 Å². The molecule has 0 radical (unpaired) electrons. The Bertz CT molecular complexity index is 816. The molecule has 0 unspecified atom stereocenters. The topological polar surface area (TPSA) is 75.6 Å². The highest BCUT2D eigenvalue weighted by Crippen LogP contribution is 2.24. The van der Waals surface area contributed by atoms with Gasteiger partial charge in [0, 0.05) is 31.2 Å². The van der Waals surface area contributed by atoms with E-state index in [1.165, 1.54) is 12.1 Å². The van der Waals surface area contributed by atoms with E-state index in [2.05, 4.69) is 15.4 Å². The summed E-state index contributed by atoms with van der Waals surface area (Å²) in [6.07, 6.45) is -2.92. The molecule has 10 heteroatoms. The minimum Gasteiger partial charge on any atom is -0.406 e. The number of alkyl halides is 3. The molecule has 1 aromatic carbocycles. The van der Waals surface area contributed by atoms with Crippen LogP contribution in [0.4, 0.5) is 18.9 Å². The fraction of sp³-hybridized carbons (Fsp3) is 0.333. The molecule has 0 fully saturated rings. The molecule has 0 aliphatic carbocycles. The highest BCUT2D eigenvalue weighted by Gasteiger charge is 2.31. The summed E-state index contributed by atoms with van der Waals surface area (Å²) in [5.41, 5.74) is 1.13. The SMILES string of the molecule is CN(C)[C@H](CNC(=O)C(=O)Nc1ccc(OC(F)(F)F)cc1)c1cccn1C. The van der Waals surface area contributed by atoms with Gasteiger partial charge in [-0.3, -0.25) is 14.5 Å². The molecular formula is C18H21F3N4O3. The first kappa shape index (κ1) is 21.3. The average molecular weight is 398 g/mol. The summed E-state index contributed by atoms with van der Waals surface area (Å²) in [7, 11) is 5.59. The number of anilines is 1. The summed E-state index contributed by atoms with van der Waals surface area (Å²) in [4.78, 5) is 26.0. The van der Waals surface area contributed by atoms with Gasteiger partial charge in [0.2, 0.25) is 0 Å². The highest BCUT2D eigenvalue weighted by atomic mass is 19.4. The zero-order chi connectivity index (χ0) is 20.9. The Morgan fingerprint density at radius 1 is 1.14 bits per heavy atom. The Balaban J connectivity index is 1.92. The molecule has 0 spiro atoms. The fourth-order valence-electron chi connectivity index (χ4n) is 2.57. The molecule has 0 bridgehead atoms. The van der Waals surface area contributed by atoms with Crippen LogP contribution in [0.3, 0.4) is 0 Å². The van der Waals surface area contributed by atoms with Crippen LogP contribution in [0.15, 0.2) is 42.6 Å².